The molecule has 4 rings (SSSR count). The van der Waals surface area contributed by atoms with E-state index in [0.717, 1.165) is 43.7 Å². The maximum atomic E-state index is 12.9. The number of aromatic nitrogens is 3. The Morgan fingerprint density at radius 2 is 1.96 bits per heavy atom. The highest BCUT2D eigenvalue weighted by Gasteiger charge is 2.34. The molecule has 1 aromatic carbocycles. The number of carbonyl (C=O) groups is 1. The van der Waals surface area contributed by atoms with E-state index in [1.54, 1.807) is 0 Å². The fourth-order valence-electron chi connectivity index (χ4n) is 4.05. The van der Waals surface area contributed by atoms with Crippen molar-refractivity contribution in [3.05, 3.63) is 41.2 Å². The summed E-state index contributed by atoms with van der Waals surface area (Å²) in [7, 11) is 0. The van der Waals surface area contributed by atoms with Gasteiger partial charge in [0.15, 0.2) is 5.69 Å². The van der Waals surface area contributed by atoms with Gasteiger partial charge in [0, 0.05) is 18.5 Å². The average Bonchev–Trinajstić information content (AvgIpc) is 3.45. The molecule has 1 unspecified atom stereocenters. The molecule has 2 heterocycles. The number of nitrogens with zero attached hydrogens (tertiary/aromatic N) is 4. The third-order valence-electron chi connectivity index (χ3n) is 5.82. The molecule has 6 heteroatoms. The van der Waals surface area contributed by atoms with Crippen LogP contribution in [-0.2, 0) is 0 Å². The standard InChI is InChI=1S/C21H29N5O/c1-3-25-13-5-4-6-18(25)14-22-21(27)19-20(16-9-10-16)26(24-23-19)17-11-7-15(2)8-12-17/h7-8,11-12,16,18H,3-6,9-10,13-14H2,1-2H3,(H,22,27). The quantitative estimate of drug-likeness (QED) is 0.852. The average molecular weight is 367 g/mol. The number of nitrogens with one attached hydrogen (secondary N) is 1. The summed E-state index contributed by atoms with van der Waals surface area (Å²) in [5.41, 5.74) is 3.64. The molecule has 27 heavy (non-hydrogen) atoms. The lowest BCUT2D eigenvalue weighted by Gasteiger charge is -2.34. The van der Waals surface area contributed by atoms with Gasteiger partial charge in [0.25, 0.3) is 5.91 Å². The lowest BCUT2D eigenvalue weighted by Crippen LogP contribution is -2.46. The second kappa shape index (κ2) is 7.80. The zero-order chi connectivity index (χ0) is 18.8. The predicted molar refractivity (Wildman–Crippen MR) is 105 cm³/mol. The summed E-state index contributed by atoms with van der Waals surface area (Å²) in [6.07, 6.45) is 5.86. The summed E-state index contributed by atoms with van der Waals surface area (Å²) in [5.74, 6) is 0.306. The number of carbonyl (C=O) groups excluding carboxylic acids is 1. The summed E-state index contributed by atoms with van der Waals surface area (Å²) in [5, 5.41) is 11.7. The number of benzene rings is 1. The number of amides is 1. The molecule has 0 radical (unpaired) electrons. The molecule has 2 fully saturated rings. The van der Waals surface area contributed by atoms with E-state index in [1.807, 2.05) is 16.8 Å². The van der Waals surface area contributed by atoms with Crippen molar-refractivity contribution in [3.8, 4) is 5.69 Å². The second-order valence-corrected chi connectivity index (χ2v) is 7.83. The van der Waals surface area contributed by atoms with Crippen LogP contribution in [-0.4, -0.2) is 51.5 Å². The van der Waals surface area contributed by atoms with Gasteiger partial charge in [0.1, 0.15) is 0 Å². The van der Waals surface area contributed by atoms with Crippen LogP contribution in [0, 0.1) is 6.92 Å². The topological polar surface area (TPSA) is 63.1 Å². The molecule has 2 aromatic rings. The molecule has 2 aliphatic rings. The largest absolute Gasteiger partial charge is 0.349 e. The minimum atomic E-state index is -0.0862. The van der Waals surface area contributed by atoms with Crippen molar-refractivity contribution < 1.29 is 4.79 Å². The van der Waals surface area contributed by atoms with Crippen molar-refractivity contribution in [1.82, 2.24) is 25.2 Å². The van der Waals surface area contributed by atoms with Crippen LogP contribution in [0.2, 0.25) is 0 Å². The van der Waals surface area contributed by atoms with Crippen molar-refractivity contribution in [1.29, 1.82) is 0 Å². The van der Waals surface area contributed by atoms with Gasteiger partial charge in [-0.25, -0.2) is 4.68 Å². The highest BCUT2D eigenvalue weighted by Crippen LogP contribution is 2.42. The Bertz CT molecular complexity index is 793. The fraction of sp³-hybridized carbons (Fsp3) is 0.571. The number of rotatable bonds is 6. The number of aryl methyl sites for hydroxylation is 1. The monoisotopic (exact) mass is 367 g/mol. The SMILES string of the molecule is CCN1CCCCC1CNC(=O)c1nnn(-c2ccc(C)cc2)c1C1CC1. The number of likely N-dealkylation sites (tertiary alicyclic amines) is 1. The van der Waals surface area contributed by atoms with E-state index in [4.69, 9.17) is 0 Å². The minimum Gasteiger partial charge on any atom is -0.349 e. The van der Waals surface area contributed by atoms with Crippen LogP contribution in [0.5, 0.6) is 0 Å². The molecule has 6 nitrogen and oxygen atoms in total. The molecule has 1 aliphatic carbocycles. The second-order valence-electron chi connectivity index (χ2n) is 7.83. The van der Waals surface area contributed by atoms with E-state index < -0.39 is 0 Å². The van der Waals surface area contributed by atoms with Gasteiger partial charge in [0.05, 0.1) is 11.4 Å². The van der Waals surface area contributed by atoms with E-state index in [9.17, 15) is 4.79 Å². The Hall–Kier alpha value is -2.21. The summed E-state index contributed by atoms with van der Waals surface area (Å²) in [6, 6.07) is 8.65. The van der Waals surface area contributed by atoms with Crippen molar-refractivity contribution in [2.45, 2.75) is 57.9 Å². The molecule has 1 N–H and O–H groups in total. The molecule has 1 saturated carbocycles. The van der Waals surface area contributed by atoms with E-state index in [0.29, 0.717) is 24.2 Å². The molecular weight excluding hydrogens is 338 g/mol. The Morgan fingerprint density at radius 1 is 1.19 bits per heavy atom. The first kappa shape index (κ1) is 18.2. The highest BCUT2D eigenvalue weighted by atomic mass is 16.2. The third kappa shape index (κ3) is 3.90. The Kier molecular flexibility index (Phi) is 5.25. The zero-order valence-corrected chi connectivity index (χ0v) is 16.3. The number of hydrogen-bond donors (Lipinski definition) is 1. The van der Waals surface area contributed by atoms with Crippen LogP contribution in [0.4, 0.5) is 0 Å². The van der Waals surface area contributed by atoms with Crippen LogP contribution >= 0.6 is 0 Å². The molecular formula is C21H29N5O. The van der Waals surface area contributed by atoms with Crippen LogP contribution in [0.15, 0.2) is 24.3 Å². The van der Waals surface area contributed by atoms with E-state index in [-0.39, 0.29) is 5.91 Å². The van der Waals surface area contributed by atoms with Gasteiger partial charge >= 0.3 is 0 Å². The molecule has 144 valence electrons. The summed E-state index contributed by atoms with van der Waals surface area (Å²) < 4.78 is 1.85. The van der Waals surface area contributed by atoms with E-state index >= 15 is 0 Å². The predicted octanol–water partition coefficient (Wildman–Crippen LogP) is 3.06. The number of piperidine rings is 1. The molecule has 1 amide bonds. The minimum absolute atomic E-state index is 0.0862. The van der Waals surface area contributed by atoms with Gasteiger partial charge in [-0.2, -0.15) is 0 Å². The van der Waals surface area contributed by atoms with Crippen LogP contribution < -0.4 is 5.32 Å². The van der Waals surface area contributed by atoms with Crippen molar-refractivity contribution >= 4 is 5.91 Å². The number of hydrogen-bond acceptors (Lipinski definition) is 4. The first-order chi connectivity index (χ1) is 13.2. The third-order valence-corrected chi connectivity index (χ3v) is 5.82. The molecule has 1 aromatic heterocycles. The molecule has 0 bridgehead atoms. The van der Waals surface area contributed by atoms with Crippen molar-refractivity contribution in [3.63, 3.8) is 0 Å². The van der Waals surface area contributed by atoms with Crippen LogP contribution in [0.25, 0.3) is 5.69 Å². The molecule has 0 spiro atoms. The van der Waals surface area contributed by atoms with E-state index in [1.165, 1.54) is 18.4 Å². The van der Waals surface area contributed by atoms with Gasteiger partial charge in [-0.1, -0.05) is 36.3 Å². The van der Waals surface area contributed by atoms with Crippen molar-refractivity contribution in [2.24, 2.45) is 0 Å². The first-order valence-electron chi connectivity index (χ1n) is 10.2. The van der Waals surface area contributed by atoms with Gasteiger partial charge < -0.3 is 5.32 Å². The Labute approximate surface area is 160 Å². The Morgan fingerprint density at radius 3 is 2.67 bits per heavy atom. The van der Waals surface area contributed by atoms with E-state index in [2.05, 4.69) is 46.5 Å². The zero-order valence-electron chi connectivity index (χ0n) is 16.3. The molecule has 1 saturated heterocycles. The lowest BCUT2D eigenvalue weighted by atomic mass is 10.0. The maximum Gasteiger partial charge on any atom is 0.273 e. The fourth-order valence-corrected chi connectivity index (χ4v) is 4.05. The van der Waals surface area contributed by atoms with Crippen LogP contribution in [0.1, 0.15) is 66.7 Å². The molecule has 1 atom stereocenters. The van der Waals surface area contributed by atoms with Gasteiger partial charge in [-0.3, -0.25) is 9.69 Å². The lowest BCUT2D eigenvalue weighted by molar-refractivity contribution is 0.0912. The number of likely N-dealkylation sites (N-methyl/N-ethyl adjacent to an activating group) is 1. The van der Waals surface area contributed by atoms with Crippen molar-refractivity contribution in [2.75, 3.05) is 19.6 Å². The molecule has 1 aliphatic heterocycles. The van der Waals surface area contributed by atoms with Gasteiger partial charge in [-0.15, -0.1) is 5.10 Å². The van der Waals surface area contributed by atoms with Gasteiger partial charge in [0.2, 0.25) is 0 Å². The maximum absolute atomic E-state index is 12.9. The Balaban J connectivity index is 1.51. The summed E-state index contributed by atoms with van der Waals surface area (Å²) in [6.45, 7) is 7.12. The first-order valence-corrected chi connectivity index (χ1v) is 10.2. The summed E-state index contributed by atoms with van der Waals surface area (Å²) in [4.78, 5) is 15.4. The normalized spacial score (nSPS) is 20.6. The highest BCUT2D eigenvalue weighted by molar-refractivity contribution is 5.93. The smallest absolute Gasteiger partial charge is 0.273 e. The summed E-state index contributed by atoms with van der Waals surface area (Å²) >= 11 is 0. The van der Waals surface area contributed by atoms with Gasteiger partial charge in [-0.05, 0) is 57.8 Å². The van der Waals surface area contributed by atoms with Crippen LogP contribution in [0.3, 0.4) is 0 Å².